The minimum absolute atomic E-state index is 0.282. The minimum atomic E-state index is -3.41. The van der Waals surface area contributed by atoms with Gasteiger partial charge in [-0.25, -0.2) is 12.4 Å². The summed E-state index contributed by atoms with van der Waals surface area (Å²) in [5, 5.41) is 0. The van der Waals surface area contributed by atoms with Crippen LogP contribution in [0.2, 0.25) is 0 Å². The summed E-state index contributed by atoms with van der Waals surface area (Å²) >= 11 is 0. The van der Waals surface area contributed by atoms with Crippen LogP contribution in [0.5, 0.6) is 0 Å². The van der Waals surface area contributed by atoms with Crippen molar-refractivity contribution in [3.05, 3.63) is 54.9 Å². The highest BCUT2D eigenvalue weighted by Gasteiger charge is 2.13. The zero-order chi connectivity index (χ0) is 10.0. The average molecular weight is 206 g/mol. The quantitative estimate of drug-likeness (QED) is 0.747. The molecule has 0 aliphatic carbocycles. The lowest BCUT2D eigenvalue weighted by molar-refractivity contribution is 0.587. The summed E-state index contributed by atoms with van der Waals surface area (Å²) in [6.45, 7) is 0. The van der Waals surface area contributed by atoms with E-state index in [2.05, 4.69) is 6.07 Å². The van der Waals surface area contributed by atoms with E-state index in [0.717, 1.165) is 3.97 Å². The monoisotopic (exact) mass is 206 g/mol. The molecule has 0 saturated heterocycles. The first-order valence-corrected chi connectivity index (χ1v) is 5.50. The number of hydrogen-bond acceptors (Lipinski definition) is 2. The summed E-state index contributed by atoms with van der Waals surface area (Å²) in [6.07, 6.45) is 2.85. The van der Waals surface area contributed by atoms with Crippen molar-refractivity contribution in [2.24, 2.45) is 0 Å². The SMILES string of the molecule is O=S(=O)(c1ccccc1)n1c[c]cc1. The lowest BCUT2D eigenvalue weighted by Gasteiger charge is -2.04. The molecule has 0 atom stereocenters. The first-order chi connectivity index (χ1) is 6.71. The molecule has 3 nitrogen and oxygen atoms in total. The second kappa shape index (κ2) is 3.31. The molecular formula is C10H8NO2S. The Morgan fingerprint density at radius 2 is 1.86 bits per heavy atom. The zero-order valence-corrected chi connectivity index (χ0v) is 8.11. The van der Waals surface area contributed by atoms with E-state index in [1.54, 1.807) is 36.4 Å². The van der Waals surface area contributed by atoms with Crippen LogP contribution in [0.3, 0.4) is 0 Å². The van der Waals surface area contributed by atoms with Crippen LogP contribution in [-0.2, 0) is 10.0 Å². The summed E-state index contributed by atoms with van der Waals surface area (Å²) in [4.78, 5) is 0.282. The Bertz CT molecular complexity index is 500. The van der Waals surface area contributed by atoms with E-state index in [9.17, 15) is 8.42 Å². The summed E-state index contributed by atoms with van der Waals surface area (Å²) in [5.41, 5.74) is 0. The Balaban J connectivity index is 2.55. The van der Waals surface area contributed by atoms with Gasteiger partial charge in [0.15, 0.2) is 0 Å². The molecule has 0 spiro atoms. The van der Waals surface area contributed by atoms with Gasteiger partial charge in [-0.3, -0.25) is 0 Å². The van der Waals surface area contributed by atoms with Gasteiger partial charge in [-0.05, 0) is 18.2 Å². The predicted molar refractivity (Wildman–Crippen MR) is 52.3 cm³/mol. The van der Waals surface area contributed by atoms with Gasteiger partial charge >= 0.3 is 0 Å². The second-order valence-corrected chi connectivity index (χ2v) is 4.60. The van der Waals surface area contributed by atoms with E-state index in [-0.39, 0.29) is 4.90 Å². The Hall–Kier alpha value is -1.55. The number of rotatable bonds is 2. The molecule has 1 aromatic heterocycles. The Morgan fingerprint density at radius 3 is 2.43 bits per heavy atom. The summed E-state index contributed by atoms with van der Waals surface area (Å²) < 4.78 is 24.8. The van der Waals surface area contributed by atoms with Crippen LogP contribution >= 0.6 is 0 Å². The topological polar surface area (TPSA) is 39.1 Å². The van der Waals surface area contributed by atoms with Crippen LogP contribution in [0.1, 0.15) is 0 Å². The third-order valence-electron chi connectivity index (χ3n) is 1.84. The molecule has 0 aliphatic rings. The molecule has 0 amide bonds. The van der Waals surface area contributed by atoms with E-state index in [4.69, 9.17) is 0 Å². The van der Waals surface area contributed by atoms with Crippen LogP contribution in [0.15, 0.2) is 53.7 Å². The van der Waals surface area contributed by atoms with Crippen LogP contribution in [0, 0.1) is 6.07 Å². The zero-order valence-electron chi connectivity index (χ0n) is 7.29. The van der Waals surface area contributed by atoms with Crippen molar-refractivity contribution in [1.82, 2.24) is 3.97 Å². The molecule has 2 aromatic rings. The first kappa shape index (κ1) is 9.02. The van der Waals surface area contributed by atoms with Crippen molar-refractivity contribution in [3.8, 4) is 0 Å². The minimum Gasteiger partial charge on any atom is -0.248 e. The molecule has 1 heterocycles. The molecule has 0 bridgehead atoms. The average Bonchev–Trinajstić information content (AvgIpc) is 2.72. The molecule has 2 rings (SSSR count). The van der Waals surface area contributed by atoms with Crippen molar-refractivity contribution in [1.29, 1.82) is 0 Å². The first-order valence-electron chi connectivity index (χ1n) is 4.06. The maximum Gasteiger partial charge on any atom is 0.267 e. The van der Waals surface area contributed by atoms with Gasteiger partial charge in [-0.1, -0.05) is 18.2 Å². The fourth-order valence-electron chi connectivity index (χ4n) is 1.14. The standard InChI is InChI=1S/C10H8NO2S/c12-14(13,11-8-4-5-9-11)10-6-2-1-3-7-10/h1-4,6-9H. The van der Waals surface area contributed by atoms with Gasteiger partial charge in [0.2, 0.25) is 0 Å². The van der Waals surface area contributed by atoms with Crippen LogP contribution in [0.4, 0.5) is 0 Å². The van der Waals surface area contributed by atoms with Gasteiger partial charge in [-0.2, -0.15) is 0 Å². The Labute approximate surface area is 82.7 Å². The van der Waals surface area contributed by atoms with Gasteiger partial charge in [0.05, 0.1) is 4.90 Å². The van der Waals surface area contributed by atoms with E-state index >= 15 is 0 Å². The van der Waals surface area contributed by atoms with Gasteiger partial charge in [0.1, 0.15) is 0 Å². The van der Waals surface area contributed by atoms with E-state index < -0.39 is 10.0 Å². The third kappa shape index (κ3) is 1.44. The maximum absolute atomic E-state index is 11.8. The lowest BCUT2D eigenvalue weighted by atomic mass is 10.4. The number of nitrogens with zero attached hydrogens (tertiary/aromatic N) is 1. The van der Waals surface area contributed by atoms with Crippen molar-refractivity contribution in [2.45, 2.75) is 4.90 Å². The molecule has 4 heteroatoms. The molecule has 14 heavy (non-hydrogen) atoms. The van der Waals surface area contributed by atoms with Crippen LogP contribution in [-0.4, -0.2) is 12.4 Å². The van der Waals surface area contributed by atoms with Crippen molar-refractivity contribution >= 4 is 10.0 Å². The highest BCUT2D eigenvalue weighted by Crippen LogP contribution is 2.12. The number of hydrogen-bond donors (Lipinski definition) is 0. The van der Waals surface area contributed by atoms with Crippen molar-refractivity contribution < 1.29 is 8.42 Å². The van der Waals surface area contributed by atoms with Gasteiger partial charge < -0.3 is 0 Å². The smallest absolute Gasteiger partial charge is 0.248 e. The molecule has 1 radical (unpaired) electrons. The molecule has 0 unspecified atom stereocenters. The highest BCUT2D eigenvalue weighted by atomic mass is 32.2. The van der Waals surface area contributed by atoms with Crippen LogP contribution < -0.4 is 0 Å². The van der Waals surface area contributed by atoms with E-state index in [1.807, 2.05) is 0 Å². The van der Waals surface area contributed by atoms with E-state index in [0.29, 0.717) is 0 Å². The molecule has 71 valence electrons. The molecule has 0 aliphatic heterocycles. The fourth-order valence-corrected chi connectivity index (χ4v) is 2.30. The second-order valence-electron chi connectivity index (χ2n) is 2.76. The largest absolute Gasteiger partial charge is 0.267 e. The van der Waals surface area contributed by atoms with Gasteiger partial charge in [-0.15, -0.1) is 0 Å². The Morgan fingerprint density at radius 1 is 1.14 bits per heavy atom. The molecule has 0 saturated carbocycles. The molecule has 0 N–H and O–H groups in total. The van der Waals surface area contributed by atoms with E-state index in [1.165, 1.54) is 12.4 Å². The lowest BCUT2D eigenvalue weighted by Crippen LogP contribution is -2.10. The van der Waals surface area contributed by atoms with Crippen molar-refractivity contribution in [2.75, 3.05) is 0 Å². The number of benzene rings is 1. The summed E-state index contributed by atoms with van der Waals surface area (Å²) in [5.74, 6) is 0. The normalized spacial score (nSPS) is 11.4. The van der Waals surface area contributed by atoms with Crippen molar-refractivity contribution in [3.63, 3.8) is 0 Å². The highest BCUT2D eigenvalue weighted by molar-refractivity contribution is 7.90. The molecule has 1 aromatic carbocycles. The third-order valence-corrected chi connectivity index (χ3v) is 3.49. The van der Waals surface area contributed by atoms with Crippen LogP contribution in [0.25, 0.3) is 0 Å². The predicted octanol–water partition coefficient (Wildman–Crippen LogP) is 1.53. The summed E-state index contributed by atoms with van der Waals surface area (Å²) in [6, 6.07) is 12.5. The van der Waals surface area contributed by atoms with Gasteiger partial charge in [0, 0.05) is 18.5 Å². The maximum atomic E-state index is 11.8. The number of aromatic nitrogens is 1. The Kier molecular flexibility index (Phi) is 2.13. The molecule has 0 fully saturated rings. The summed E-state index contributed by atoms with van der Waals surface area (Å²) in [7, 11) is -3.41. The fraction of sp³-hybridized carbons (Fsp3) is 0. The van der Waals surface area contributed by atoms with Gasteiger partial charge in [0.25, 0.3) is 10.0 Å². The molecular weight excluding hydrogens is 198 g/mol.